The normalized spacial score (nSPS) is 13.6. The molecule has 0 unspecified atom stereocenters. The molecule has 1 N–H and O–H groups in total. The van der Waals surface area contributed by atoms with Crippen LogP contribution in [-0.4, -0.2) is 19.1 Å². The number of nitrogens with zero attached hydrogens (tertiary/aromatic N) is 2. The molecule has 0 saturated heterocycles. The Balaban J connectivity index is 1.74. The molecule has 23 heavy (non-hydrogen) atoms. The number of amidine groups is 1. The highest BCUT2D eigenvalue weighted by molar-refractivity contribution is 6.00. The SMILES string of the molecule is CCCCOc1ccccc1CC1=NNCN1c1ccccc1. The predicted octanol–water partition coefficient (Wildman–Crippen LogP) is 3.79. The Morgan fingerprint density at radius 2 is 1.87 bits per heavy atom. The van der Waals surface area contributed by atoms with Crippen molar-refractivity contribution in [2.24, 2.45) is 5.10 Å². The average molecular weight is 309 g/mol. The molecular weight excluding hydrogens is 286 g/mol. The zero-order valence-electron chi connectivity index (χ0n) is 13.5. The molecular formula is C19H23N3O. The molecule has 0 aromatic heterocycles. The highest BCUT2D eigenvalue weighted by Crippen LogP contribution is 2.23. The van der Waals surface area contributed by atoms with Crippen molar-refractivity contribution in [1.82, 2.24) is 5.43 Å². The molecule has 0 radical (unpaired) electrons. The summed E-state index contributed by atoms with van der Waals surface area (Å²) < 4.78 is 5.93. The number of ether oxygens (including phenoxy) is 1. The Morgan fingerprint density at radius 1 is 1.09 bits per heavy atom. The molecule has 0 atom stereocenters. The molecule has 4 heteroatoms. The highest BCUT2D eigenvalue weighted by atomic mass is 16.5. The fraction of sp³-hybridized carbons (Fsp3) is 0.316. The van der Waals surface area contributed by atoms with Crippen molar-refractivity contribution in [2.75, 3.05) is 18.2 Å². The number of anilines is 1. The van der Waals surface area contributed by atoms with E-state index in [1.165, 1.54) is 5.56 Å². The number of hydrazone groups is 1. The molecule has 2 aromatic rings. The van der Waals surface area contributed by atoms with Gasteiger partial charge in [0.2, 0.25) is 0 Å². The maximum absolute atomic E-state index is 5.93. The van der Waals surface area contributed by atoms with Crippen molar-refractivity contribution in [3.05, 3.63) is 60.2 Å². The number of benzene rings is 2. The van der Waals surface area contributed by atoms with Gasteiger partial charge in [0.05, 0.1) is 6.61 Å². The smallest absolute Gasteiger partial charge is 0.135 e. The Kier molecular flexibility index (Phi) is 5.14. The molecule has 4 nitrogen and oxygen atoms in total. The molecule has 1 aliphatic heterocycles. The van der Waals surface area contributed by atoms with E-state index in [2.05, 4.69) is 46.6 Å². The largest absolute Gasteiger partial charge is 0.493 e. The van der Waals surface area contributed by atoms with Gasteiger partial charge >= 0.3 is 0 Å². The molecule has 120 valence electrons. The molecule has 0 saturated carbocycles. The fourth-order valence-electron chi connectivity index (χ4n) is 2.62. The minimum absolute atomic E-state index is 0.707. The lowest BCUT2D eigenvalue weighted by Gasteiger charge is -2.20. The van der Waals surface area contributed by atoms with Gasteiger partial charge in [0.15, 0.2) is 0 Å². The van der Waals surface area contributed by atoms with Gasteiger partial charge in [-0.15, -0.1) is 0 Å². The minimum Gasteiger partial charge on any atom is -0.493 e. The van der Waals surface area contributed by atoms with Gasteiger partial charge < -0.3 is 9.64 Å². The van der Waals surface area contributed by atoms with Gasteiger partial charge in [-0.2, -0.15) is 5.10 Å². The summed E-state index contributed by atoms with van der Waals surface area (Å²) >= 11 is 0. The van der Waals surface area contributed by atoms with Crippen molar-refractivity contribution in [3.8, 4) is 5.75 Å². The van der Waals surface area contributed by atoms with Crippen molar-refractivity contribution in [2.45, 2.75) is 26.2 Å². The second-order valence-electron chi connectivity index (χ2n) is 5.59. The summed E-state index contributed by atoms with van der Waals surface area (Å²) in [6, 6.07) is 18.6. The van der Waals surface area contributed by atoms with E-state index in [4.69, 9.17) is 4.74 Å². The number of unbranched alkanes of at least 4 members (excludes halogenated alkanes) is 1. The molecule has 1 heterocycles. The van der Waals surface area contributed by atoms with E-state index in [1.807, 2.05) is 30.3 Å². The molecule has 2 aromatic carbocycles. The Hall–Kier alpha value is -2.49. The highest BCUT2D eigenvalue weighted by Gasteiger charge is 2.20. The van der Waals surface area contributed by atoms with E-state index in [0.717, 1.165) is 43.1 Å². The van der Waals surface area contributed by atoms with Crippen molar-refractivity contribution >= 4 is 11.5 Å². The van der Waals surface area contributed by atoms with Crippen molar-refractivity contribution in [3.63, 3.8) is 0 Å². The maximum atomic E-state index is 5.93. The molecule has 1 aliphatic rings. The van der Waals surface area contributed by atoms with Crippen LogP contribution in [0.1, 0.15) is 25.3 Å². The zero-order chi connectivity index (χ0) is 15.9. The first kappa shape index (κ1) is 15.4. The van der Waals surface area contributed by atoms with Gasteiger partial charge in [0, 0.05) is 17.7 Å². The van der Waals surface area contributed by atoms with Gasteiger partial charge in [-0.1, -0.05) is 49.7 Å². The summed E-state index contributed by atoms with van der Waals surface area (Å²) in [6.45, 7) is 3.64. The standard InChI is InChI=1S/C19H23N3O/c1-2-3-13-23-18-12-8-7-9-16(18)14-19-21-20-15-22(19)17-10-5-4-6-11-17/h4-12,20H,2-3,13-15H2,1H3. The fourth-order valence-corrected chi connectivity index (χ4v) is 2.62. The zero-order valence-corrected chi connectivity index (χ0v) is 13.5. The number of nitrogens with one attached hydrogen (secondary N) is 1. The van der Waals surface area contributed by atoms with E-state index in [1.54, 1.807) is 0 Å². The summed E-state index contributed by atoms with van der Waals surface area (Å²) in [5.74, 6) is 1.98. The van der Waals surface area contributed by atoms with Gasteiger partial charge in [-0.3, -0.25) is 5.43 Å². The van der Waals surface area contributed by atoms with Crippen LogP contribution < -0.4 is 15.1 Å². The lowest BCUT2D eigenvalue weighted by molar-refractivity contribution is 0.307. The van der Waals surface area contributed by atoms with Crippen molar-refractivity contribution < 1.29 is 4.74 Å². The number of hydrogen-bond donors (Lipinski definition) is 1. The van der Waals surface area contributed by atoms with Crippen LogP contribution in [0, 0.1) is 0 Å². The quantitative estimate of drug-likeness (QED) is 0.791. The van der Waals surface area contributed by atoms with Crippen LogP contribution in [0.3, 0.4) is 0 Å². The summed E-state index contributed by atoms with van der Waals surface area (Å²) in [5.41, 5.74) is 5.41. The lowest BCUT2D eigenvalue weighted by atomic mass is 10.1. The van der Waals surface area contributed by atoms with Crippen LogP contribution in [-0.2, 0) is 6.42 Å². The van der Waals surface area contributed by atoms with Crippen LogP contribution in [0.15, 0.2) is 59.7 Å². The molecule has 0 bridgehead atoms. The first-order chi connectivity index (χ1) is 11.4. The summed E-state index contributed by atoms with van der Waals surface area (Å²) in [4.78, 5) is 2.20. The third kappa shape index (κ3) is 3.83. The van der Waals surface area contributed by atoms with Crippen LogP contribution >= 0.6 is 0 Å². The third-order valence-corrected chi connectivity index (χ3v) is 3.89. The van der Waals surface area contributed by atoms with Gasteiger partial charge in [0.1, 0.15) is 18.3 Å². The average Bonchev–Trinajstić information content (AvgIpc) is 3.06. The predicted molar refractivity (Wildman–Crippen MR) is 94.9 cm³/mol. The number of para-hydroxylation sites is 2. The first-order valence-corrected chi connectivity index (χ1v) is 8.21. The first-order valence-electron chi connectivity index (χ1n) is 8.21. The summed E-state index contributed by atoms with van der Waals surface area (Å²) in [6.07, 6.45) is 2.97. The van der Waals surface area contributed by atoms with Crippen LogP contribution in [0.25, 0.3) is 0 Å². The minimum atomic E-state index is 0.707. The van der Waals surface area contributed by atoms with Gasteiger partial charge in [0.25, 0.3) is 0 Å². The van der Waals surface area contributed by atoms with E-state index < -0.39 is 0 Å². The summed E-state index contributed by atoms with van der Waals surface area (Å²) in [5, 5.41) is 4.46. The number of hydrogen-bond acceptors (Lipinski definition) is 4. The van der Waals surface area contributed by atoms with E-state index >= 15 is 0 Å². The van der Waals surface area contributed by atoms with Crippen LogP contribution in [0.2, 0.25) is 0 Å². The molecule has 0 amide bonds. The van der Waals surface area contributed by atoms with Crippen LogP contribution in [0.4, 0.5) is 5.69 Å². The van der Waals surface area contributed by atoms with E-state index in [9.17, 15) is 0 Å². The van der Waals surface area contributed by atoms with Crippen LogP contribution in [0.5, 0.6) is 5.75 Å². The van der Waals surface area contributed by atoms with Crippen molar-refractivity contribution in [1.29, 1.82) is 0 Å². The maximum Gasteiger partial charge on any atom is 0.135 e. The molecule has 3 rings (SSSR count). The van der Waals surface area contributed by atoms with Gasteiger partial charge in [-0.25, -0.2) is 0 Å². The second kappa shape index (κ2) is 7.68. The molecule has 0 spiro atoms. The molecule has 0 fully saturated rings. The lowest BCUT2D eigenvalue weighted by Crippen LogP contribution is -2.30. The summed E-state index contributed by atoms with van der Waals surface area (Å²) in [7, 11) is 0. The van der Waals surface area contributed by atoms with E-state index in [-0.39, 0.29) is 0 Å². The van der Waals surface area contributed by atoms with Gasteiger partial charge in [-0.05, 0) is 24.6 Å². The molecule has 0 aliphatic carbocycles. The Labute approximate surface area is 137 Å². The Morgan fingerprint density at radius 3 is 2.70 bits per heavy atom. The van der Waals surface area contributed by atoms with E-state index in [0.29, 0.717) is 6.67 Å². The topological polar surface area (TPSA) is 36.9 Å². The third-order valence-electron chi connectivity index (χ3n) is 3.89. The number of rotatable bonds is 7. The second-order valence-corrected chi connectivity index (χ2v) is 5.59. The Bertz CT molecular complexity index is 655. The monoisotopic (exact) mass is 309 g/mol.